The van der Waals surface area contributed by atoms with E-state index in [0.717, 1.165) is 34.5 Å². The monoisotopic (exact) mass is 374 g/mol. The number of carbonyl (C=O) groups is 2. The van der Waals surface area contributed by atoms with E-state index in [2.05, 4.69) is 17.2 Å². The van der Waals surface area contributed by atoms with Crippen molar-refractivity contribution in [3.8, 4) is 0 Å². The molecule has 3 rings (SSSR count). The Morgan fingerprint density at radius 1 is 1.31 bits per heavy atom. The van der Waals surface area contributed by atoms with E-state index in [-0.39, 0.29) is 24.3 Å². The number of carbonyl (C=O) groups excluding carboxylic acids is 2. The summed E-state index contributed by atoms with van der Waals surface area (Å²) < 4.78 is 6.43. The molecule has 1 heterocycles. The zero-order valence-electron chi connectivity index (χ0n) is 15.4. The third kappa shape index (κ3) is 4.81. The Bertz CT molecular complexity index is 740. The minimum atomic E-state index is -0.757. The molecule has 140 valence electrons. The van der Waals surface area contributed by atoms with Crippen LogP contribution in [0.15, 0.2) is 24.3 Å². The second-order valence-electron chi connectivity index (χ2n) is 7.08. The number of fused-ring (bicyclic) bond motifs is 1. The van der Waals surface area contributed by atoms with Crippen molar-refractivity contribution in [2.75, 3.05) is 0 Å². The van der Waals surface area contributed by atoms with Crippen molar-refractivity contribution >= 4 is 33.4 Å². The van der Waals surface area contributed by atoms with Gasteiger partial charge in [0.2, 0.25) is 0 Å². The number of thiazole rings is 1. The summed E-state index contributed by atoms with van der Waals surface area (Å²) in [5.74, 6) is -0.0738. The Balaban J connectivity index is 1.45. The Morgan fingerprint density at radius 2 is 2.08 bits per heavy atom. The molecule has 1 N–H and O–H groups in total. The molecule has 26 heavy (non-hydrogen) atoms. The maximum atomic E-state index is 12.3. The fraction of sp³-hybridized carbons (Fsp3) is 0.550. The zero-order valence-corrected chi connectivity index (χ0v) is 16.2. The largest absolute Gasteiger partial charge is 0.453 e. The summed E-state index contributed by atoms with van der Waals surface area (Å²) in [4.78, 5) is 28.9. The van der Waals surface area contributed by atoms with E-state index >= 15 is 0 Å². The Hall–Kier alpha value is -1.95. The van der Waals surface area contributed by atoms with Crippen LogP contribution in [0.3, 0.4) is 0 Å². The normalized spacial score (nSPS) is 21.3. The van der Waals surface area contributed by atoms with Gasteiger partial charge in [-0.2, -0.15) is 0 Å². The second kappa shape index (κ2) is 8.62. The van der Waals surface area contributed by atoms with Crippen LogP contribution in [-0.2, 0) is 20.7 Å². The number of benzene rings is 1. The molecule has 1 aliphatic rings. The Kier molecular flexibility index (Phi) is 6.25. The molecular formula is C20H26N2O3S. The summed E-state index contributed by atoms with van der Waals surface area (Å²) in [6, 6.07) is 8.11. The van der Waals surface area contributed by atoms with E-state index in [9.17, 15) is 9.59 Å². The lowest BCUT2D eigenvalue weighted by molar-refractivity contribution is -0.155. The first-order valence-corrected chi connectivity index (χ1v) is 10.2. The standard InChI is InChI=1S/C20H26N2O3S/c1-13-7-3-4-8-15(13)22-20(24)14(2)25-19(23)12-11-18-21-16-9-5-6-10-17(16)26-18/h5-6,9-10,13-15H,3-4,7-8,11-12H2,1-2H3,(H,22,24). The minimum Gasteiger partial charge on any atom is -0.453 e. The van der Waals surface area contributed by atoms with Crippen molar-refractivity contribution in [3.63, 3.8) is 0 Å². The molecule has 0 radical (unpaired) electrons. The fourth-order valence-corrected chi connectivity index (χ4v) is 4.34. The number of amides is 1. The predicted octanol–water partition coefficient (Wildman–Crippen LogP) is 3.86. The average molecular weight is 375 g/mol. The van der Waals surface area contributed by atoms with Crippen LogP contribution >= 0.6 is 11.3 Å². The van der Waals surface area contributed by atoms with E-state index in [4.69, 9.17) is 4.74 Å². The zero-order chi connectivity index (χ0) is 18.5. The van der Waals surface area contributed by atoms with E-state index in [1.165, 1.54) is 6.42 Å². The smallest absolute Gasteiger partial charge is 0.306 e. The lowest BCUT2D eigenvalue weighted by Gasteiger charge is -2.30. The molecule has 1 fully saturated rings. The van der Waals surface area contributed by atoms with Crippen molar-refractivity contribution in [3.05, 3.63) is 29.3 Å². The lowest BCUT2D eigenvalue weighted by Crippen LogP contribution is -2.46. The van der Waals surface area contributed by atoms with Crippen LogP contribution in [0.5, 0.6) is 0 Å². The molecule has 1 amide bonds. The van der Waals surface area contributed by atoms with E-state index in [0.29, 0.717) is 12.3 Å². The van der Waals surface area contributed by atoms with Gasteiger partial charge in [-0.05, 0) is 37.8 Å². The Labute approximate surface area is 158 Å². The Morgan fingerprint density at radius 3 is 2.85 bits per heavy atom. The maximum Gasteiger partial charge on any atom is 0.306 e. The maximum absolute atomic E-state index is 12.3. The summed E-state index contributed by atoms with van der Waals surface area (Å²) in [6.45, 7) is 3.80. The average Bonchev–Trinajstić information content (AvgIpc) is 3.05. The van der Waals surface area contributed by atoms with Crippen LogP contribution in [-0.4, -0.2) is 29.0 Å². The van der Waals surface area contributed by atoms with Gasteiger partial charge in [0, 0.05) is 12.5 Å². The summed E-state index contributed by atoms with van der Waals surface area (Å²) >= 11 is 1.59. The molecule has 0 spiro atoms. The summed E-state index contributed by atoms with van der Waals surface area (Å²) in [6.07, 6.45) is 4.53. The van der Waals surface area contributed by atoms with Gasteiger partial charge < -0.3 is 10.1 Å². The van der Waals surface area contributed by atoms with Crippen LogP contribution in [0.4, 0.5) is 0 Å². The highest BCUT2D eigenvalue weighted by Crippen LogP contribution is 2.24. The molecule has 0 saturated heterocycles. The number of para-hydroxylation sites is 1. The number of nitrogens with one attached hydrogen (secondary N) is 1. The minimum absolute atomic E-state index is 0.195. The molecule has 6 heteroatoms. The third-order valence-corrected chi connectivity index (χ3v) is 6.09. The molecule has 1 saturated carbocycles. The van der Waals surface area contributed by atoms with Crippen LogP contribution in [0.25, 0.3) is 10.2 Å². The molecule has 0 aliphatic heterocycles. The first kappa shape index (κ1) is 18.8. The van der Waals surface area contributed by atoms with Crippen LogP contribution in [0, 0.1) is 5.92 Å². The molecule has 1 aliphatic carbocycles. The van der Waals surface area contributed by atoms with Crippen molar-refractivity contribution in [2.45, 2.75) is 64.5 Å². The fourth-order valence-electron chi connectivity index (χ4n) is 3.38. The van der Waals surface area contributed by atoms with Gasteiger partial charge in [-0.15, -0.1) is 11.3 Å². The van der Waals surface area contributed by atoms with Crippen LogP contribution in [0.1, 0.15) is 51.0 Å². The van der Waals surface area contributed by atoms with Gasteiger partial charge in [0.25, 0.3) is 5.91 Å². The molecule has 2 aromatic rings. The van der Waals surface area contributed by atoms with Crippen molar-refractivity contribution in [1.29, 1.82) is 0 Å². The quantitative estimate of drug-likeness (QED) is 0.780. The molecular weight excluding hydrogens is 348 g/mol. The van der Waals surface area contributed by atoms with Gasteiger partial charge in [-0.1, -0.05) is 31.9 Å². The van der Waals surface area contributed by atoms with Crippen molar-refractivity contribution in [2.24, 2.45) is 5.92 Å². The van der Waals surface area contributed by atoms with Gasteiger partial charge in [-0.3, -0.25) is 9.59 Å². The number of hydrogen-bond donors (Lipinski definition) is 1. The molecule has 3 unspecified atom stereocenters. The third-order valence-electron chi connectivity index (χ3n) is 5.00. The van der Waals surface area contributed by atoms with Crippen molar-refractivity contribution < 1.29 is 14.3 Å². The first-order chi connectivity index (χ1) is 12.5. The van der Waals surface area contributed by atoms with E-state index < -0.39 is 6.10 Å². The lowest BCUT2D eigenvalue weighted by atomic mass is 9.86. The number of aryl methyl sites for hydroxylation is 1. The van der Waals surface area contributed by atoms with Gasteiger partial charge in [-0.25, -0.2) is 4.98 Å². The summed E-state index contributed by atoms with van der Waals surface area (Å²) in [7, 11) is 0. The number of rotatable bonds is 6. The highest BCUT2D eigenvalue weighted by atomic mass is 32.1. The first-order valence-electron chi connectivity index (χ1n) is 9.37. The number of ether oxygens (including phenoxy) is 1. The predicted molar refractivity (Wildman–Crippen MR) is 103 cm³/mol. The van der Waals surface area contributed by atoms with Crippen LogP contribution < -0.4 is 5.32 Å². The summed E-state index contributed by atoms with van der Waals surface area (Å²) in [5, 5.41) is 3.95. The molecule has 5 nitrogen and oxygen atoms in total. The van der Waals surface area contributed by atoms with Gasteiger partial charge >= 0.3 is 5.97 Å². The topological polar surface area (TPSA) is 68.3 Å². The molecule has 1 aromatic heterocycles. The molecule has 3 atom stereocenters. The van der Waals surface area contributed by atoms with Gasteiger partial charge in [0.1, 0.15) is 0 Å². The van der Waals surface area contributed by atoms with E-state index in [1.807, 2.05) is 24.3 Å². The van der Waals surface area contributed by atoms with Gasteiger partial charge in [0.15, 0.2) is 6.10 Å². The second-order valence-corrected chi connectivity index (χ2v) is 8.20. The van der Waals surface area contributed by atoms with Crippen LogP contribution in [0.2, 0.25) is 0 Å². The number of hydrogen-bond acceptors (Lipinski definition) is 5. The van der Waals surface area contributed by atoms with Crippen molar-refractivity contribution in [1.82, 2.24) is 10.3 Å². The van der Waals surface area contributed by atoms with Gasteiger partial charge in [0.05, 0.1) is 21.6 Å². The number of nitrogens with zero attached hydrogens (tertiary/aromatic N) is 1. The SMILES string of the molecule is CC(OC(=O)CCc1nc2ccccc2s1)C(=O)NC1CCCCC1C. The number of esters is 1. The van der Waals surface area contributed by atoms with E-state index in [1.54, 1.807) is 18.3 Å². The highest BCUT2D eigenvalue weighted by molar-refractivity contribution is 7.18. The highest BCUT2D eigenvalue weighted by Gasteiger charge is 2.26. The summed E-state index contributed by atoms with van der Waals surface area (Å²) in [5.41, 5.74) is 0.954. The molecule has 0 bridgehead atoms. The number of aromatic nitrogens is 1. The molecule has 1 aromatic carbocycles.